The molecule has 0 amide bonds. The van der Waals surface area contributed by atoms with Gasteiger partial charge in [-0.05, 0) is 43.9 Å². The molecule has 8 nitrogen and oxygen atoms in total. The highest BCUT2D eigenvalue weighted by Gasteiger charge is 2.39. The molecule has 2 atom stereocenters. The smallest absolute Gasteiger partial charge is 0.350 e. The fourth-order valence-corrected chi connectivity index (χ4v) is 3.38. The first-order valence-electron chi connectivity index (χ1n) is 10.2. The van der Waals surface area contributed by atoms with Crippen LogP contribution >= 0.6 is 11.6 Å². The van der Waals surface area contributed by atoms with E-state index in [1.165, 1.54) is 4.57 Å². The number of alkyl halides is 3. The molecule has 0 spiro atoms. The van der Waals surface area contributed by atoms with Crippen molar-refractivity contribution in [1.82, 2.24) is 14.3 Å². The minimum absolute atomic E-state index is 0.113. The molecule has 1 aliphatic heterocycles. The first kappa shape index (κ1) is 25.2. The second-order valence-electron chi connectivity index (χ2n) is 7.42. The van der Waals surface area contributed by atoms with Crippen molar-refractivity contribution in [3.8, 4) is 11.4 Å². The summed E-state index contributed by atoms with van der Waals surface area (Å²) in [5.74, 6) is -5.26. The number of rotatable bonds is 9. The Morgan fingerprint density at radius 2 is 2.12 bits per heavy atom. The van der Waals surface area contributed by atoms with Crippen molar-refractivity contribution in [1.29, 1.82) is 0 Å². The van der Waals surface area contributed by atoms with Gasteiger partial charge >= 0.3 is 18.0 Å². The quantitative estimate of drug-likeness (QED) is 0.387. The topological polar surface area (TPSA) is 84.6 Å². The highest BCUT2D eigenvalue weighted by molar-refractivity contribution is 6.68. The van der Waals surface area contributed by atoms with Gasteiger partial charge < -0.3 is 14.2 Å². The van der Waals surface area contributed by atoms with Gasteiger partial charge in [0.25, 0.3) is 5.24 Å². The lowest BCUT2D eigenvalue weighted by Gasteiger charge is -2.22. The Kier molecular flexibility index (Phi) is 7.80. The Bertz CT molecular complexity index is 1070. The van der Waals surface area contributed by atoms with E-state index in [2.05, 4.69) is 9.84 Å². The van der Waals surface area contributed by atoms with Crippen LogP contribution in [0.15, 0.2) is 16.9 Å². The van der Waals surface area contributed by atoms with Crippen molar-refractivity contribution in [2.75, 3.05) is 6.61 Å². The minimum Gasteiger partial charge on any atom is -0.452 e. The van der Waals surface area contributed by atoms with Crippen molar-refractivity contribution in [2.45, 2.75) is 64.8 Å². The molecule has 1 aromatic heterocycles. The van der Waals surface area contributed by atoms with E-state index in [0.717, 1.165) is 12.8 Å². The van der Waals surface area contributed by atoms with Gasteiger partial charge in [0.1, 0.15) is 23.9 Å². The molecule has 2 aromatic rings. The summed E-state index contributed by atoms with van der Waals surface area (Å²) in [6, 6.07) is 1.28. The van der Waals surface area contributed by atoms with Crippen LogP contribution in [0.2, 0.25) is 0 Å². The lowest BCUT2D eigenvalue weighted by molar-refractivity contribution is -0.170. The number of hydrogen-bond donors (Lipinski definition) is 0. The first-order valence-corrected chi connectivity index (χ1v) is 10.5. The molecule has 2 heterocycles. The van der Waals surface area contributed by atoms with Gasteiger partial charge in [0.2, 0.25) is 0 Å². The molecule has 1 fully saturated rings. The van der Waals surface area contributed by atoms with Crippen LogP contribution in [-0.2, 0) is 22.6 Å². The zero-order chi connectivity index (χ0) is 24.3. The Morgan fingerprint density at radius 3 is 2.70 bits per heavy atom. The van der Waals surface area contributed by atoms with E-state index >= 15 is 0 Å². The fourth-order valence-electron chi connectivity index (χ4n) is 3.23. The van der Waals surface area contributed by atoms with Crippen molar-refractivity contribution in [3.63, 3.8) is 0 Å². The van der Waals surface area contributed by atoms with Gasteiger partial charge in [0.05, 0.1) is 5.56 Å². The standard InChI is InChI=1S/C20H22ClF4N3O5/c1-3-27-15(10-32-16-6-4-5-7-31-16)26-28(19(27)30)13-9-14(33-20(2,25)18(23)24)11(17(21)29)8-12(13)22/h8-9,16,18H,3-7,10H2,1-2H3. The maximum atomic E-state index is 14.8. The van der Waals surface area contributed by atoms with Gasteiger partial charge in [0.15, 0.2) is 12.1 Å². The molecule has 33 heavy (non-hydrogen) atoms. The SMILES string of the molecule is CCn1c(COC2CCCCO2)nn(-c2cc(OC(C)(F)C(F)F)c(C(=O)Cl)cc2F)c1=O. The van der Waals surface area contributed by atoms with E-state index in [1.54, 1.807) is 6.92 Å². The molecular weight excluding hydrogens is 474 g/mol. The molecule has 0 aliphatic carbocycles. The van der Waals surface area contributed by atoms with Crippen molar-refractivity contribution in [3.05, 3.63) is 39.8 Å². The molecule has 0 saturated carbocycles. The van der Waals surface area contributed by atoms with E-state index in [0.29, 0.717) is 36.8 Å². The van der Waals surface area contributed by atoms with Crippen LogP contribution in [0, 0.1) is 5.82 Å². The van der Waals surface area contributed by atoms with Crippen LogP contribution in [-0.4, -0.2) is 44.8 Å². The van der Waals surface area contributed by atoms with Crippen LogP contribution in [0.1, 0.15) is 49.3 Å². The number of aromatic nitrogens is 3. The van der Waals surface area contributed by atoms with Gasteiger partial charge in [-0.15, -0.1) is 5.10 Å². The summed E-state index contributed by atoms with van der Waals surface area (Å²) in [6.07, 6.45) is -1.54. The molecule has 1 saturated heterocycles. The minimum atomic E-state index is -3.59. The highest BCUT2D eigenvalue weighted by atomic mass is 35.5. The van der Waals surface area contributed by atoms with Gasteiger partial charge in [-0.25, -0.2) is 18.0 Å². The Morgan fingerprint density at radius 1 is 1.39 bits per heavy atom. The van der Waals surface area contributed by atoms with E-state index in [-0.39, 0.29) is 19.0 Å². The van der Waals surface area contributed by atoms with Crippen molar-refractivity contribution < 1.29 is 36.6 Å². The second-order valence-corrected chi connectivity index (χ2v) is 7.77. The largest absolute Gasteiger partial charge is 0.452 e. The molecule has 2 unspecified atom stereocenters. The van der Waals surface area contributed by atoms with Gasteiger partial charge in [0, 0.05) is 26.1 Å². The predicted molar refractivity (Wildman–Crippen MR) is 108 cm³/mol. The molecule has 3 rings (SSSR count). The summed E-state index contributed by atoms with van der Waals surface area (Å²) >= 11 is 5.37. The number of carbonyl (C=O) groups excluding carboxylic acids is 1. The highest BCUT2D eigenvalue weighted by Crippen LogP contribution is 2.32. The molecule has 0 radical (unpaired) electrons. The lowest BCUT2D eigenvalue weighted by Crippen LogP contribution is -2.35. The monoisotopic (exact) mass is 495 g/mol. The van der Waals surface area contributed by atoms with E-state index in [1.807, 2.05) is 0 Å². The van der Waals surface area contributed by atoms with Crippen LogP contribution in [0.3, 0.4) is 0 Å². The molecule has 0 N–H and O–H groups in total. The average molecular weight is 496 g/mol. The summed E-state index contributed by atoms with van der Waals surface area (Å²) < 4.78 is 72.4. The third-order valence-electron chi connectivity index (χ3n) is 4.98. The van der Waals surface area contributed by atoms with Crippen LogP contribution in [0.4, 0.5) is 17.6 Å². The van der Waals surface area contributed by atoms with Crippen molar-refractivity contribution >= 4 is 16.8 Å². The summed E-state index contributed by atoms with van der Waals surface area (Å²) in [5, 5.41) is 2.80. The normalized spacial score (nSPS) is 18.4. The summed E-state index contributed by atoms with van der Waals surface area (Å²) in [5.41, 5.74) is -2.01. The zero-order valence-electron chi connectivity index (χ0n) is 17.8. The van der Waals surface area contributed by atoms with E-state index in [9.17, 15) is 27.2 Å². The molecular formula is C20H22ClF4N3O5. The fraction of sp³-hybridized carbons (Fsp3) is 0.550. The van der Waals surface area contributed by atoms with Crippen molar-refractivity contribution in [2.24, 2.45) is 0 Å². The molecule has 0 bridgehead atoms. The average Bonchev–Trinajstić information content (AvgIpc) is 3.08. The van der Waals surface area contributed by atoms with Gasteiger partial charge in [-0.3, -0.25) is 9.36 Å². The summed E-state index contributed by atoms with van der Waals surface area (Å²) in [4.78, 5) is 24.5. The number of carbonyl (C=O) groups is 1. The first-order chi connectivity index (χ1) is 15.5. The Balaban J connectivity index is 2.00. The number of halogens is 5. The van der Waals surface area contributed by atoms with Crippen LogP contribution in [0.5, 0.6) is 5.75 Å². The summed E-state index contributed by atoms with van der Waals surface area (Å²) in [7, 11) is 0. The predicted octanol–water partition coefficient (Wildman–Crippen LogP) is 3.94. The zero-order valence-corrected chi connectivity index (χ0v) is 18.6. The van der Waals surface area contributed by atoms with E-state index < -0.39 is 52.3 Å². The lowest BCUT2D eigenvalue weighted by atomic mass is 10.1. The number of hydrogen-bond acceptors (Lipinski definition) is 6. The maximum Gasteiger partial charge on any atom is 0.350 e. The third kappa shape index (κ3) is 5.56. The van der Waals surface area contributed by atoms with Crippen LogP contribution < -0.4 is 10.4 Å². The number of benzene rings is 1. The number of nitrogens with zero attached hydrogens (tertiary/aromatic N) is 3. The van der Waals surface area contributed by atoms with Gasteiger partial charge in [-0.1, -0.05) is 0 Å². The summed E-state index contributed by atoms with van der Waals surface area (Å²) in [6.45, 7) is 2.69. The third-order valence-corrected chi connectivity index (χ3v) is 5.18. The Labute approximate surface area is 191 Å². The molecule has 1 aliphatic rings. The number of ether oxygens (including phenoxy) is 3. The molecule has 13 heteroatoms. The maximum absolute atomic E-state index is 14.8. The molecule has 1 aromatic carbocycles. The second kappa shape index (κ2) is 10.2. The van der Waals surface area contributed by atoms with Crippen LogP contribution in [0.25, 0.3) is 5.69 Å². The Hall–Kier alpha value is -2.44. The molecule has 182 valence electrons. The van der Waals surface area contributed by atoms with Gasteiger partial charge in [-0.2, -0.15) is 9.07 Å². The van der Waals surface area contributed by atoms with E-state index in [4.69, 9.17) is 21.1 Å².